The molecular weight excluding hydrogens is 300 g/mol. The van der Waals surface area contributed by atoms with Gasteiger partial charge in [0.15, 0.2) is 5.69 Å². The Morgan fingerprint density at radius 2 is 2.05 bits per heavy atom. The fraction of sp³-hybridized carbons (Fsp3) is 0.375. The lowest BCUT2D eigenvalue weighted by Gasteiger charge is -2.16. The van der Waals surface area contributed by atoms with E-state index in [-0.39, 0.29) is 24.4 Å². The van der Waals surface area contributed by atoms with Crippen molar-refractivity contribution in [1.82, 2.24) is 20.8 Å². The Hall–Kier alpha value is -1.85. The first-order valence-electron chi connectivity index (χ1n) is 7.29. The Morgan fingerprint density at radius 1 is 1.32 bits per heavy atom. The molecule has 0 aliphatic carbocycles. The van der Waals surface area contributed by atoms with Gasteiger partial charge in [0.05, 0.1) is 6.04 Å². The number of H-pyrrole nitrogens is 1. The number of nitrogens with one attached hydrogen (secondary N) is 3. The molecule has 0 bridgehead atoms. The van der Waals surface area contributed by atoms with Crippen LogP contribution >= 0.6 is 12.4 Å². The molecule has 3 N–H and O–H groups in total. The van der Waals surface area contributed by atoms with Crippen LogP contribution in [0.1, 0.15) is 45.8 Å². The van der Waals surface area contributed by atoms with Gasteiger partial charge in [0.2, 0.25) is 0 Å². The van der Waals surface area contributed by atoms with E-state index in [1.807, 2.05) is 19.1 Å². The molecule has 1 aliphatic heterocycles. The number of fused-ring (bicyclic) bond motifs is 1. The molecular formula is C16H21ClN4O. The molecule has 6 heteroatoms. The van der Waals surface area contributed by atoms with Gasteiger partial charge in [-0.05, 0) is 19.4 Å². The third-order valence-electron chi connectivity index (χ3n) is 3.95. The van der Waals surface area contributed by atoms with Gasteiger partial charge in [-0.25, -0.2) is 0 Å². The summed E-state index contributed by atoms with van der Waals surface area (Å²) in [4.78, 5) is 12.4. The monoisotopic (exact) mass is 320 g/mol. The molecule has 1 aliphatic rings. The molecule has 0 saturated heterocycles. The van der Waals surface area contributed by atoms with Gasteiger partial charge in [0, 0.05) is 30.8 Å². The van der Waals surface area contributed by atoms with Crippen LogP contribution < -0.4 is 10.6 Å². The molecule has 0 spiro atoms. The van der Waals surface area contributed by atoms with Crippen LogP contribution in [-0.4, -0.2) is 22.6 Å². The smallest absolute Gasteiger partial charge is 0.272 e. The van der Waals surface area contributed by atoms with E-state index in [4.69, 9.17) is 0 Å². The average Bonchev–Trinajstić information content (AvgIpc) is 2.92. The highest BCUT2D eigenvalue weighted by Gasteiger charge is 2.22. The van der Waals surface area contributed by atoms with Crippen molar-refractivity contribution in [2.75, 3.05) is 6.54 Å². The van der Waals surface area contributed by atoms with Crippen molar-refractivity contribution in [3.63, 3.8) is 0 Å². The molecule has 1 atom stereocenters. The molecule has 3 rings (SSSR count). The van der Waals surface area contributed by atoms with Gasteiger partial charge in [-0.1, -0.05) is 29.8 Å². The van der Waals surface area contributed by atoms with E-state index < -0.39 is 0 Å². The van der Waals surface area contributed by atoms with E-state index in [1.54, 1.807) is 0 Å². The van der Waals surface area contributed by atoms with Crippen molar-refractivity contribution in [2.24, 2.45) is 0 Å². The zero-order valence-corrected chi connectivity index (χ0v) is 13.6. The molecule has 0 fully saturated rings. The Bertz CT molecular complexity index is 651. The van der Waals surface area contributed by atoms with Crippen LogP contribution in [0.4, 0.5) is 0 Å². The number of carbonyl (C=O) groups is 1. The molecule has 5 nitrogen and oxygen atoms in total. The average molecular weight is 321 g/mol. The fourth-order valence-electron chi connectivity index (χ4n) is 2.62. The number of hydrogen-bond donors (Lipinski definition) is 3. The Kier molecular flexibility index (Phi) is 5.21. The second-order valence-corrected chi connectivity index (χ2v) is 5.56. The molecule has 1 amide bonds. The maximum absolute atomic E-state index is 12.4. The number of hydrogen-bond acceptors (Lipinski definition) is 3. The van der Waals surface area contributed by atoms with E-state index >= 15 is 0 Å². The lowest BCUT2D eigenvalue weighted by Crippen LogP contribution is -2.30. The van der Waals surface area contributed by atoms with Gasteiger partial charge in [-0.2, -0.15) is 5.10 Å². The first kappa shape index (κ1) is 16.5. The van der Waals surface area contributed by atoms with Gasteiger partial charge in [-0.15, -0.1) is 12.4 Å². The lowest BCUT2D eigenvalue weighted by atomic mass is 10.0. The Balaban J connectivity index is 0.00000176. The van der Waals surface area contributed by atoms with Gasteiger partial charge in [-0.3, -0.25) is 9.89 Å². The fourth-order valence-corrected chi connectivity index (χ4v) is 2.62. The van der Waals surface area contributed by atoms with Gasteiger partial charge >= 0.3 is 0 Å². The van der Waals surface area contributed by atoms with Crippen LogP contribution in [0.5, 0.6) is 0 Å². The van der Waals surface area contributed by atoms with E-state index in [1.165, 1.54) is 5.56 Å². The largest absolute Gasteiger partial charge is 0.344 e. The first-order valence-corrected chi connectivity index (χ1v) is 7.29. The van der Waals surface area contributed by atoms with Crippen molar-refractivity contribution in [1.29, 1.82) is 0 Å². The second kappa shape index (κ2) is 6.94. The summed E-state index contributed by atoms with van der Waals surface area (Å²) in [5.41, 5.74) is 4.88. The van der Waals surface area contributed by atoms with Crippen LogP contribution in [0.25, 0.3) is 0 Å². The zero-order chi connectivity index (χ0) is 14.8. The van der Waals surface area contributed by atoms with Crippen molar-refractivity contribution in [3.05, 3.63) is 52.3 Å². The molecule has 0 saturated carbocycles. The first-order chi connectivity index (χ1) is 10.1. The summed E-state index contributed by atoms with van der Waals surface area (Å²) < 4.78 is 0. The lowest BCUT2D eigenvalue weighted by molar-refractivity contribution is 0.0933. The number of carbonyl (C=O) groups excluding carboxylic acids is 1. The Morgan fingerprint density at radius 3 is 2.77 bits per heavy atom. The highest BCUT2D eigenvalue weighted by Crippen LogP contribution is 2.18. The highest BCUT2D eigenvalue weighted by atomic mass is 35.5. The summed E-state index contributed by atoms with van der Waals surface area (Å²) >= 11 is 0. The normalized spacial score (nSPS) is 14.6. The van der Waals surface area contributed by atoms with Gasteiger partial charge in [0.1, 0.15) is 0 Å². The predicted octanol–water partition coefficient (Wildman–Crippen LogP) is 2.28. The number of nitrogens with zero attached hydrogens (tertiary/aromatic N) is 1. The number of aromatic nitrogens is 2. The summed E-state index contributed by atoms with van der Waals surface area (Å²) in [6.07, 6.45) is 0.892. The quantitative estimate of drug-likeness (QED) is 0.812. The molecule has 22 heavy (non-hydrogen) atoms. The molecule has 2 heterocycles. The molecule has 1 aromatic heterocycles. The van der Waals surface area contributed by atoms with Crippen LogP contribution in [-0.2, 0) is 13.0 Å². The molecule has 2 aromatic rings. The SMILES string of the molecule is Cc1ccc(C(C)NC(=O)c2n[nH]c3c2CNCC3)cc1.Cl. The van der Waals surface area contributed by atoms with E-state index in [2.05, 4.69) is 39.9 Å². The summed E-state index contributed by atoms with van der Waals surface area (Å²) in [6.45, 7) is 5.67. The second-order valence-electron chi connectivity index (χ2n) is 5.56. The van der Waals surface area contributed by atoms with E-state index in [0.29, 0.717) is 12.2 Å². The van der Waals surface area contributed by atoms with Gasteiger partial charge < -0.3 is 10.6 Å². The topological polar surface area (TPSA) is 69.8 Å². The highest BCUT2D eigenvalue weighted by molar-refractivity contribution is 5.94. The molecule has 1 unspecified atom stereocenters. The number of amides is 1. The zero-order valence-electron chi connectivity index (χ0n) is 12.8. The predicted molar refractivity (Wildman–Crippen MR) is 88.3 cm³/mol. The van der Waals surface area contributed by atoms with Crippen LogP contribution in [0.3, 0.4) is 0 Å². The summed E-state index contributed by atoms with van der Waals surface area (Å²) in [7, 11) is 0. The number of aromatic amines is 1. The molecule has 0 radical (unpaired) electrons. The van der Waals surface area contributed by atoms with E-state index in [9.17, 15) is 4.79 Å². The maximum atomic E-state index is 12.4. The number of rotatable bonds is 3. The third-order valence-corrected chi connectivity index (χ3v) is 3.95. The summed E-state index contributed by atoms with van der Waals surface area (Å²) in [6, 6.07) is 8.15. The van der Waals surface area contributed by atoms with Crippen LogP contribution in [0.2, 0.25) is 0 Å². The number of benzene rings is 1. The van der Waals surface area contributed by atoms with Crippen molar-refractivity contribution in [3.8, 4) is 0 Å². The Labute approximate surface area is 136 Å². The minimum atomic E-state index is -0.121. The van der Waals surface area contributed by atoms with Crippen molar-refractivity contribution < 1.29 is 4.79 Å². The minimum Gasteiger partial charge on any atom is -0.344 e. The van der Waals surface area contributed by atoms with Crippen molar-refractivity contribution >= 4 is 18.3 Å². The van der Waals surface area contributed by atoms with Crippen LogP contribution in [0.15, 0.2) is 24.3 Å². The maximum Gasteiger partial charge on any atom is 0.272 e. The van der Waals surface area contributed by atoms with Gasteiger partial charge in [0.25, 0.3) is 5.91 Å². The summed E-state index contributed by atoms with van der Waals surface area (Å²) in [5.74, 6) is -0.121. The van der Waals surface area contributed by atoms with Crippen LogP contribution in [0, 0.1) is 6.92 Å². The summed E-state index contributed by atoms with van der Waals surface area (Å²) in [5, 5.41) is 13.5. The minimum absolute atomic E-state index is 0. The van der Waals surface area contributed by atoms with Crippen molar-refractivity contribution in [2.45, 2.75) is 32.9 Å². The number of halogens is 1. The molecule has 1 aromatic carbocycles. The van der Waals surface area contributed by atoms with E-state index in [0.717, 1.165) is 29.8 Å². The standard InChI is InChI=1S/C16H20N4O.ClH/c1-10-3-5-12(6-4-10)11(2)18-16(21)15-13-9-17-8-7-14(13)19-20-15;/h3-6,11,17H,7-9H2,1-2H3,(H,18,21)(H,19,20);1H. The third kappa shape index (κ3) is 3.31. The number of aryl methyl sites for hydroxylation is 1. The molecule has 118 valence electrons.